The summed E-state index contributed by atoms with van der Waals surface area (Å²) < 4.78 is 25.3. The average Bonchev–Trinajstić information content (AvgIpc) is 3.38. The van der Waals surface area contributed by atoms with E-state index in [4.69, 9.17) is 13.8 Å². The topological polar surface area (TPSA) is 97.5 Å². The van der Waals surface area contributed by atoms with E-state index in [2.05, 4.69) is 44.2 Å². The van der Waals surface area contributed by atoms with Gasteiger partial charge in [0.05, 0.1) is 23.8 Å². The third-order valence-corrected chi connectivity index (χ3v) is 11.1. The number of rotatable bonds is 9. The van der Waals surface area contributed by atoms with Crippen LogP contribution in [-0.4, -0.2) is 29.4 Å². The number of carboxylic acid groups (broad SMARTS) is 1. The molecule has 7 nitrogen and oxygen atoms in total. The Morgan fingerprint density at radius 1 is 1.13 bits per heavy atom. The third kappa shape index (κ3) is 7.00. The molecule has 2 N–H and O–H groups in total. The van der Waals surface area contributed by atoms with Gasteiger partial charge in [-0.15, -0.1) is 0 Å². The fraction of sp³-hybridized carbons (Fsp3) is 0.233. The highest BCUT2D eigenvalue weighted by molar-refractivity contribution is 6.74. The Bertz CT molecular complexity index is 1480. The van der Waals surface area contributed by atoms with Gasteiger partial charge in [0, 0.05) is 18.1 Å². The van der Waals surface area contributed by atoms with Crippen LogP contribution in [0.25, 0.3) is 17.3 Å². The van der Waals surface area contributed by atoms with Gasteiger partial charge in [0.25, 0.3) is 0 Å². The molecule has 2 heterocycles. The number of furan rings is 1. The lowest BCUT2D eigenvalue weighted by molar-refractivity contribution is -0.132. The van der Waals surface area contributed by atoms with Gasteiger partial charge >= 0.3 is 5.97 Å². The zero-order valence-corrected chi connectivity index (χ0v) is 23.7. The molecular weight excluding hydrogens is 513 g/mol. The first-order chi connectivity index (χ1) is 18.4. The van der Waals surface area contributed by atoms with Crippen molar-refractivity contribution in [3.8, 4) is 17.0 Å². The van der Waals surface area contributed by atoms with Gasteiger partial charge < -0.3 is 19.3 Å². The number of nitrogens with zero attached hydrogens (tertiary/aromatic N) is 2. The van der Waals surface area contributed by atoms with Crippen molar-refractivity contribution in [3.63, 3.8) is 0 Å². The lowest BCUT2D eigenvalue weighted by Gasteiger charge is -2.36. The highest BCUT2D eigenvalue weighted by Gasteiger charge is 2.39. The Morgan fingerprint density at radius 2 is 1.87 bits per heavy atom. The van der Waals surface area contributed by atoms with Crippen molar-refractivity contribution in [3.05, 3.63) is 102 Å². The number of aliphatic carboxylic acids is 1. The summed E-state index contributed by atoms with van der Waals surface area (Å²) in [4.78, 5) is 21.4. The normalized spacial score (nSPS) is 12.3. The van der Waals surface area contributed by atoms with Gasteiger partial charge in [-0.1, -0.05) is 45.0 Å². The predicted molar refractivity (Wildman–Crippen MR) is 152 cm³/mol. The summed E-state index contributed by atoms with van der Waals surface area (Å²) >= 11 is 0. The molecule has 0 atom stereocenters. The minimum absolute atomic E-state index is 0.0451. The van der Waals surface area contributed by atoms with Gasteiger partial charge in [0.1, 0.15) is 23.0 Å². The van der Waals surface area contributed by atoms with Gasteiger partial charge in [-0.2, -0.15) is 0 Å². The highest BCUT2D eigenvalue weighted by Crippen LogP contribution is 2.38. The average molecular weight is 546 g/mol. The minimum Gasteiger partial charge on any atom is -0.543 e. The summed E-state index contributed by atoms with van der Waals surface area (Å²) in [7, 11) is -2.05. The maximum absolute atomic E-state index is 13.5. The standard InChI is InChI=1S/C30H32FN3O4Si/c1-30(2,3)39(4,5)38-24-9-6-8-21(17-24)27-19-32-28(25(33-27)16-20-11-13-22(31)14-12-20)34-26(29(35)36)18-23-10-7-15-37-23/h6-15,17-19H,16H2,1-5H3,(H,32,34)(H,35,36)/b26-18-. The minimum atomic E-state index is -2.05. The quantitative estimate of drug-likeness (QED) is 0.167. The van der Waals surface area contributed by atoms with E-state index in [0.717, 1.165) is 16.9 Å². The number of anilines is 1. The Balaban J connectivity index is 1.72. The predicted octanol–water partition coefficient (Wildman–Crippen LogP) is 7.39. The van der Waals surface area contributed by atoms with Crippen molar-refractivity contribution in [2.24, 2.45) is 0 Å². The number of hydrogen-bond donors (Lipinski definition) is 2. The summed E-state index contributed by atoms with van der Waals surface area (Å²) in [5.74, 6) is -0.108. The van der Waals surface area contributed by atoms with E-state index in [1.165, 1.54) is 24.5 Å². The Hall–Kier alpha value is -4.24. The monoisotopic (exact) mass is 545 g/mol. The summed E-state index contributed by atoms with van der Waals surface area (Å²) in [5, 5.41) is 12.7. The summed E-state index contributed by atoms with van der Waals surface area (Å²) in [6.07, 6.45) is 4.73. The molecule has 0 amide bonds. The van der Waals surface area contributed by atoms with Crippen molar-refractivity contribution in [2.45, 2.75) is 45.3 Å². The van der Waals surface area contributed by atoms with Gasteiger partial charge in [-0.3, -0.25) is 0 Å². The van der Waals surface area contributed by atoms with E-state index in [1.807, 2.05) is 24.3 Å². The number of aromatic nitrogens is 2. The molecule has 0 spiro atoms. The van der Waals surface area contributed by atoms with Crippen molar-refractivity contribution < 1.29 is 23.1 Å². The number of nitrogens with one attached hydrogen (secondary N) is 1. The van der Waals surface area contributed by atoms with Crippen LogP contribution >= 0.6 is 0 Å². The number of carboxylic acids is 1. The van der Waals surface area contributed by atoms with Crippen LogP contribution in [0.5, 0.6) is 5.75 Å². The molecule has 9 heteroatoms. The molecule has 0 aliphatic heterocycles. The van der Waals surface area contributed by atoms with E-state index < -0.39 is 14.3 Å². The molecule has 0 saturated heterocycles. The van der Waals surface area contributed by atoms with E-state index in [0.29, 0.717) is 23.6 Å². The Morgan fingerprint density at radius 3 is 2.51 bits per heavy atom. The van der Waals surface area contributed by atoms with Crippen LogP contribution in [-0.2, 0) is 11.2 Å². The van der Waals surface area contributed by atoms with Gasteiger partial charge in [-0.25, -0.2) is 19.2 Å². The van der Waals surface area contributed by atoms with Crippen LogP contribution in [0.15, 0.2) is 83.2 Å². The molecule has 0 radical (unpaired) electrons. The zero-order chi connectivity index (χ0) is 28.2. The first-order valence-electron chi connectivity index (χ1n) is 12.6. The molecule has 202 valence electrons. The third-order valence-electron chi connectivity index (χ3n) is 6.75. The van der Waals surface area contributed by atoms with Crippen LogP contribution in [0.4, 0.5) is 10.2 Å². The molecule has 0 saturated carbocycles. The van der Waals surface area contributed by atoms with E-state index in [9.17, 15) is 14.3 Å². The fourth-order valence-corrected chi connectivity index (χ4v) is 4.57. The maximum Gasteiger partial charge on any atom is 0.352 e. The molecule has 0 aliphatic rings. The molecule has 4 aromatic rings. The number of halogens is 1. The second-order valence-electron chi connectivity index (χ2n) is 10.7. The molecule has 0 aliphatic carbocycles. The lowest BCUT2D eigenvalue weighted by atomic mass is 10.1. The number of carbonyl (C=O) groups is 1. The van der Waals surface area contributed by atoms with Crippen molar-refractivity contribution >= 4 is 26.2 Å². The number of hydrogen-bond acceptors (Lipinski definition) is 6. The highest BCUT2D eigenvalue weighted by atomic mass is 28.4. The maximum atomic E-state index is 13.5. The summed E-state index contributed by atoms with van der Waals surface area (Å²) in [5.41, 5.74) is 2.59. The van der Waals surface area contributed by atoms with Gasteiger partial charge in [-0.05, 0) is 60.1 Å². The first-order valence-corrected chi connectivity index (χ1v) is 15.5. The Kier molecular flexibility index (Phi) is 8.01. The van der Waals surface area contributed by atoms with Crippen molar-refractivity contribution in [2.75, 3.05) is 5.32 Å². The molecule has 4 rings (SSSR count). The first kappa shape index (κ1) is 27.8. The van der Waals surface area contributed by atoms with E-state index in [1.54, 1.807) is 30.5 Å². The van der Waals surface area contributed by atoms with E-state index in [-0.39, 0.29) is 22.4 Å². The van der Waals surface area contributed by atoms with Gasteiger partial charge in [0.15, 0.2) is 5.82 Å². The van der Waals surface area contributed by atoms with Crippen molar-refractivity contribution in [1.29, 1.82) is 0 Å². The Labute approximate surface area is 228 Å². The van der Waals surface area contributed by atoms with Crippen LogP contribution in [0.2, 0.25) is 18.1 Å². The van der Waals surface area contributed by atoms with Crippen LogP contribution < -0.4 is 9.74 Å². The largest absolute Gasteiger partial charge is 0.543 e. The molecule has 0 unspecified atom stereocenters. The van der Waals surface area contributed by atoms with Gasteiger partial charge in [0.2, 0.25) is 8.32 Å². The van der Waals surface area contributed by atoms with Crippen LogP contribution in [0, 0.1) is 5.82 Å². The fourth-order valence-electron chi connectivity index (χ4n) is 3.55. The van der Waals surface area contributed by atoms with Crippen LogP contribution in [0.1, 0.15) is 37.8 Å². The molecule has 2 aromatic heterocycles. The number of benzene rings is 2. The zero-order valence-electron chi connectivity index (χ0n) is 22.7. The second kappa shape index (κ2) is 11.2. The lowest BCUT2D eigenvalue weighted by Crippen LogP contribution is -2.43. The second-order valence-corrected chi connectivity index (χ2v) is 15.5. The van der Waals surface area contributed by atoms with Crippen molar-refractivity contribution in [1.82, 2.24) is 9.97 Å². The SMILES string of the molecule is CC(C)(C)[Si](C)(C)Oc1cccc(-c2cnc(N/C(=C\c3ccco3)C(=O)O)c(Cc3ccc(F)cc3)n2)c1. The summed E-state index contributed by atoms with van der Waals surface area (Å²) in [6.45, 7) is 10.9. The smallest absolute Gasteiger partial charge is 0.352 e. The molecule has 0 fully saturated rings. The molecule has 0 bridgehead atoms. The summed E-state index contributed by atoms with van der Waals surface area (Å²) in [6, 6.07) is 17.1. The molecular formula is C30H32FN3O4Si. The molecule has 2 aromatic carbocycles. The van der Waals surface area contributed by atoms with E-state index >= 15 is 0 Å². The molecule has 39 heavy (non-hydrogen) atoms. The van der Waals surface area contributed by atoms with Crippen LogP contribution in [0.3, 0.4) is 0 Å².